The molecule has 0 heteroatoms. The Hall–Kier alpha value is -2.34. The highest BCUT2D eigenvalue weighted by Gasteiger charge is 2.30. The third-order valence-electron chi connectivity index (χ3n) is 8.27. The van der Waals surface area contributed by atoms with E-state index in [4.69, 9.17) is 0 Å². The van der Waals surface area contributed by atoms with Gasteiger partial charge in [0.1, 0.15) is 0 Å². The minimum atomic E-state index is -0.0868. The van der Waals surface area contributed by atoms with Crippen molar-refractivity contribution in [2.45, 2.75) is 101 Å². The first kappa shape index (κ1) is 27.9. The van der Waals surface area contributed by atoms with Gasteiger partial charge in [0, 0.05) is 5.41 Å². The van der Waals surface area contributed by atoms with Crippen molar-refractivity contribution in [3.05, 3.63) is 99.2 Å². The van der Waals surface area contributed by atoms with Crippen LogP contribution in [-0.4, -0.2) is 0 Å². The van der Waals surface area contributed by atoms with Crippen molar-refractivity contribution in [1.29, 1.82) is 0 Å². The summed E-state index contributed by atoms with van der Waals surface area (Å²) in [6.45, 7) is 33.6. The van der Waals surface area contributed by atoms with E-state index in [0.29, 0.717) is 0 Å². The van der Waals surface area contributed by atoms with Crippen molar-refractivity contribution in [3.8, 4) is 0 Å². The fraction of sp³-hybridized carbons (Fsp3) is 0.471. The van der Waals surface area contributed by atoms with Gasteiger partial charge in [-0.15, -0.1) is 0 Å². The van der Waals surface area contributed by atoms with Crippen LogP contribution in [-0.2, 0) is 6.42 Å². The molecular weight excluding hydrogens is 408 g/mol. The molecule has 0 spiro atoms. The maximum atomic E-state index is 4.67. The average molecular weight is 457 g/mol. The number of rotatable bonds is 9. The maximum absolute atomic E-state index is 4.67. The summed E-state index contributed by atoms with van der Waals surface area (Å²) in [6, 6.07) is 4.58. The van der Waals surface area contributed by atoms with E-state index in [2.05, 4.69) is 100 Å². The van der Waals surface area contributed by atoms with E-state index in [0.717, 1.165) is 31.3 Å². The molecule has 34 heavy (non-hydrogen) atoms. The van der Waals surface area contributed by atoms with Gasteiger partial charge in [-0.05, 0) is 129 Å². The van der Waals surface area contributed by atoms with Crippen molar-refractivity contribution in [2.24, 2.45) is 5.41 Å². The van der Waals surface area contributed by atoms with Gasteiger partial charge in [0.2, 0.25) is 0 Å². The lowest BCUT2D eigenvalue weighted by molar-refractivity contribution is 0.468. The molecule has 1 atom stereocenters. The van der Waals surface area contributed by atoms with Crippen LogP contribution >= 0.6 is 0 Å². The molecule has 0 unspecified atom stereocenters. The van der Waals surface area contributed by atoms with Crippen LogP contribution in [0.2, 0.25) is 0 Å². The molecule has 0 amide bonds. The summed E-state index contributed by atoms with van der Waals surface area (Å²) in [5.74, 6) is 0. The van der Waals surface area contributed by atoms with Gasteiger partial charge in [-0.3, -0.25) is 0 Å². The first-order valence-corrected chi connectivity index (χ1v) is 13.2. The monoisotopic (exact) mass is 456 g/mol. The first-order chi connectivity index (χ1) is 15.9. The lowest BCUT2D eigenvalue weighted by Gasteiger charge is -2.34. The Morgan fingerprint density at radius 3 is 2.06 bits per heavy atom. The van der Waals surface area contributed by atoms with Crippen molar-refractivity contribution < 1.29 is 0 Å². The summed E-state index contributed by atoms with van der Waals surface area (Å²) < 4.78 is 0. The van der Waals surface area contributed by atoms with E-state index in [1.165, 1.54) is 68.5 Å². The van der Waals surface area contributed by atoms with E-state index in [1.54, 1.807) is 5.56 Å². The predicted molar refractivity (Wildman–Crippen MR) is 154 cm³/mol. The molecule has 0 aliphatic heterocycles. The van der Waals surface area contributed by atoms with Crippen molar-refractivity contribution >= 4 is 5.57 Å². The fourth-order valence-corrected chi connectivity index (χ4v) is 5.65. The molecule has 0 radical (unpaired) electrons. The van der Waals surface area contributed by atoms with Gasteiger partial charge in [0.05, 0.1) is 0 Å². The molecule has 0 fully saturated rings. The van der Waals surface area contributed by atoms with Gasteiger partial charge in [0.15, 0.2) is 0 Å². The quantitative estimate of drug-likeness (QED) is 0.256. The second-order valence-electron chi connectivity index (χ2n) is 10.5. The molecule has 0 saturated heterocycles. The molecule has 0 bridgehead atoms. The van der Waals surface area contributed by atoms with Crippen LogP contribution in [0.15, 0.2) is 77.0 Å². The lowest BCUT2D eigenvalue weighted by Crippen LogP contribution is -2.21. The number of hydrogen-bond acceptors (Lipinski definition) is 0. The van der Waals surface area contributed by atoms with Crippen LogP contribution in [0.5, 0.6) is 0 Å². The molecule has 1 aliphatic rings. The molecule has 0 saturated carbocycles. The molecule has 1 aromatic rings. The largest absolute Gasteiger partial charge is 0.0993 e. The first-order valence-electron chi connectivity index (χ1n) is 13.2. The van der Waals surface area contributed by atoms with Gasteiger partial charge in [-0.2, -0.15) is 0 Å². The van der Waals surface area contributed by atoms with Gasteiger partial charge in [-0.1, -0.05) is 76.8 Å². The fourth-order valence-electron chi connectivity index (χ4n) is 5.65. The van der Waals surface area contributed by atoms with E-state index in [-0.39, 0.29) is 5.41 Å². The van der Waals surface area contributed by atoms with Crippen LogP contribution in [0.4, 0.5) is 0 Å². The Morgan fingerprint density at radius 2 is 1.56 bits per heavy atom. The van der Waals surface area contributed by atoms with Crippen LogP contribution in [0.1, 0.15) is 103 Å². The second kappa shape index (κ2) is 11.4. The maximum Gasteiger partial charge on any atom is 0.0128 e. The number of hydrogen-bond donors (Lipinski definition) is 0. The number of allylic oxidation sites excluding steroid dienone is 9. The standard InChI is InChI=1S/C34H48/c1-13-28(22(4)5)32(34(12,15-3)23(6)7)21-26(10)27(11)29(14-2)31-18-16-17-30-24(8)19-20-25(9)33(30)31/h19-21H,4,6,11,13-18H2,1-3,5,7-10,12H3/b26-21+,31-29-,32-28+/t34-/m0/s1. The third kappa shape index (κ3) is 5.32. The van der Waals surface area contributed by atoms with Gasteiger partial charge >= 0.3 is 0 Å². The Labute approximate surface area is 211 Å². The Bertz CT molecular complexity index is 1080. The van der Waals surface area contributed by atoms with Gasteiger partial charge in [-0.25, -0.2) is 0 Å². The predicted octanol–water partition coefficient (Wildman–Crippen LogP) is 10.6. The smallest absolute Gasteiger partial charge is 0.0128 e. The van der Waals surface area contributed by atoms with E-state index in [9.17, 15) is 0 Å². The van der Waals surface area contributed by atoms with Crippen LogP contribution in [0.25, 0.3) is 5.57 Å². The Kier molecular flexibility index (Phi) is 9.35. The molecule has 2 rings (SSSR count). The van der Waals surface area contributed by atoms with Gasteiger partial charge in [0.25, 0.3) is 0 Å². The van der Waals surface area contributed by atoms with Gasteiger partial charge < -0.3 is 0 Å². The van der Waals surface area contributed by atoms with Crippen LogP contribution < -0.4 is 0 Å². The average Bonchev–Trinajstić information content (AvgIpc) is 2.80. The topological polar surface area (TPSA) is 0 Å². The molecule has 184 valence electrons. The molecule has 0 nitrogen and oxygen atoms in total. The molecule has 0 aromatic heterocycles. The molecule has 1 aliphatic carbocycles. The van der Waals surface area contributed by atoms with Crippen LogP contribution in [0.3, 0.4) is 0 Å². The number of aryl methyl sites for hydroxylation is 2. The van der Waals surface area contributed by atoms with Crippen molar-refractivity contribution in [3.63, 3.8) is 0 Å². The van der Waals surface area contributed by atoms with Crippen molar-refractivity contribution in [2.75, 3.05) is 0 Å². The summed E-state index contributed by atoms with van der Waals surface area (Å²) in [5, 5.41) is 0. The summed E-state index contributed by atoms with van der Waals surface area (Å²) in [4.78, 5) is 0. The number of benzene rings is 1. The molecule has 1 aromatic carbocycles. The zero-order chi connectivity index (χ0) is 25.8. The minimum absolute atomic E-state index is 0.0868. The van der Waals surface area contributed by atoms with E-state index >= 15 is 0 Å². The zero-order valence-electron chi connectivity index (χ0n) is 23.6. The molecule has 0 heterocycles. The normalized spacial score (nSPS) is 18.0. The number of fused-ring (bicyclic) bond motifs is 1. The Balaban J connectivity index is 2.75. The summed E-state index contributed by atoms with van der Waals surface area (Å²) in [6.07, 6.45) is 8.92. The third-order valence-corrected chi connectivity index (χ3v) is 8.27. The molecule has 0 N–H and O–H groups in total. The summed E-state index contributed by atoms with van der Waals surface area (Å²) >= 11 is 0. The minimum Gasteiger partial charge on any atom is -0.0993 e. The lowest BCUT2D eigenvalue weighted by atomic mass is 9.70. The van der Waals surface area contributed by atoms with E-state index < -0.39 is 0 Å². The molecular formula is C34H48. The van der Waals surface area contributed by atoms with E-state index in [1.807, 2.05) is 0 Å². The van der Waals surface area contributed by atoms with Crippen LogP contribution in [0, 0.1) is 19.3 Å². The highest BCUT2D eigenvalue weighted by atomic mass is 14.3. The summed E-state index contributed by atoms with van der Waals surface area (Å²) in [7, 11) is 0. The summed E-state index contributed by atoms with van der Waals surface area (Å²) in [5.41, 5.74) is 16.2. The second-order valence-corrected chi connectivity index (χ2v) is 10.5. The van der Waals surface area contributed by atoms with Crippen molar-refractivity contribution in [1.82, 2.24) is 0 Å². The SMILES string of the molecule is C=C(/C(CC)=C1/CCCc2c(C)ccc(C)c21)/C(C)=C/C(=C(/CC)C(=C)C)[C@@](C)(CC)C(=C)C. The highest BCUT2D eigenvalue weighted by Crippen LogP contribution is 2.44. The zero-order valence-corrected chi connectivity index (χ0v) is 23.6. The Morgan fingerprint density at radius 1 is 0.941 bits per heavy atom. The highest BCUT2D eigenvalue weighted by molar-refractivity contribution is 5.79.